The van der Waals surface area contributed by atoms with E-state index >= 15 is 0 Å². The first kappa shape index (κ1) is 21.3. The van der Waals surface area contributed by atoms with Crippen molar-refractivity contribution in [2.75, 3.05) is 23.3 Å². The average molecular weight is 448 g/mol. The van der Waals surface area contributed by atoms with Crippen molar-refractivity contribution in [1.82, 2.24) is 25.1 Å². The van der Waals surface area contributed by atoms with Crippen molar-refractivity contribution in [3.63, 3.8) is 0 Å². The van der Waals surface area contributed by atoms with Crippen molar-refractivity contribution in [3.8, 4) is 0 Å². The number of nitrogens with one attached hydrogen (secondary N) is 2. The number of anilines is 2. The van der Waals surface area contributed by atoms with E-state index in [0.29, 0.717) is 39.8 Å². The zero-order chi connectivity index (χ0) is 23.3. The molecule has 0 saturated carbocycles. The van der Waals surface area contributed by atoms with Gasteiger partial charge in [-0.25, -0.2) is 4.39 Å². The maximum atomic E-state index is 14.6. The van der Waals surface area contributed by atoms with E-state index in [9.17, 15) is 9.18 Å². The third kappa shape index (κ3) is 3.78. The molecule has 2 aromatic carbocycles. The molecular formula is C24H26FN7O. The Morgan fingerprint density at radius 3 is 2.55 bits per heavy atom. The highest BCUT2D eigenvalue weighted by Gasteiger charge is 2.25. The molecule has 0 aliphatic carbocycles. The molecule has 33 heavy (non-hydrogen) atoms. The Hall–Kier alpha value is -3.59. The van der Waals surface area contributed by atoms with Crippen LogP contribution in [0.25, 0.3) is 21.9 Å². The van der Waals surface area contributed by atoms with Gasteiger partial charge in [0.05, 0.1) is 11.3 Å². The van der Waals surface area contributed by atoms with Gasteiger partial charge in [-0.15, -0.1) is 0 Å². The van der Waals surface area contributed by atoms with Crippen LogP contribution in [0.4, 0.5) is 15.8 Å². The smallest absolute Gasteiger partial charge is 0.257 e. The minimum atomic E-state index is -0.478. The number of rotatable bonds is 3. The summed E-state index contributed by atoms with van der Waals surface area (Å²) in [5.74, 6) is -0.840. The molecule has 9 heteroatoms. The zero-order valence-corrected chi connectivity index (χ0v) is 19.1. The number of aromatic nitrogens is 4. The maximum absolute atomic E-state index is 14.6. The summed E-state index contributed by atoms with van der Waals surface area (Å²) in [4.78, 5) is 24.6. The second-order valence-corrected chi connectivity index (χ2v) is 8.81. The van der Waals surface area contributed by atoms with E-state index in [4.69, 9.17) is 0 Å². The number of carbonyl (C=O) groups is 1. The van der Waals surface area contributed by atoms with Crippen LogP contribution in [0.3, 0.4) is 0 Å². The highest BCUT2D eigenvalue weighted by atomic mass is 19.1. The summed E-state index contributed by atoms with van der Waals surface area (Å²) in [5, 5.41) is 11.2. The van der Waals surface area contributed by atoms with Gasteiger partial charge in [0.2, 0.25) is 0 Å². The summed E-state index contributed by atoms with van der Waals surface area (Å²) in [5.41, 5.74) is 3.99. The van der Waals surface area contributed by atoms with Gasteiger partial charge in [-0.2, -0.15) is 5.10 Å². The Kier molecular flexibility index (Phi) is 5.20. The first-order valence-electron chi connectivity index (χ1n) is 11.0. The maximum Gasteiger partial charge on any atom is 0.257 e. The van der Waals surface area contributed by atoms with Gasteiger partial charge < -0.3 is 15.5 Å². The summed E-state index contributed by atoms with van der Waals surface area (Å²) in [6, 6.07) is 5.68. The molecule has 4 aromatic rings. The molecule has 5 rings (SSSR count). The largest absolute Gasteiger partial charge is 0.367 e. The van der Waals surface area contributed by atoms with Crippen molar-refractivity contribution >= 4 is 39.2 Å². The van der Waals surface area contributed by atoms with Crippen LogP contribution in [0.1, 0.15) is 29.8 Å². The quantitative estimate of drug-likeness (QED) is 0.501. The van der Waals surface area contributed by atoms with Gasteiger partial charge in [-0.1, -0.05) is 0 Å². The Morgan fingerprint density at radius 1 is 1.12 bits per heavy atom. The van der Waals surface area contributed by atoms with Crippen molar-refractivity contribution in [2.45, 2.75) is 32.9 Å². The molecule has 2 N–H and O–H groups in total. The van der Waals surface area contributed by atoms with Crippen LogP contribution in [0.15, 0.2) is 36.8 Å². The molecule has 3 heterocycles. The number of hydrogen-bond acceptors (Lipinski definition) is 6. The third-order valence-electron chi connectivity index (χ3n) is 6.13. The molecule has 1 aliphatic rings. The average Bonchev–Trinajstić information content (AvgIpc) is 3.18. The monoisotopic (exact) mass is 447 g/mol. The molecule has 0 radical (unpaired) electrons. The van der Waals surface area contributed by atoms with Gasteiger partial charge in [0, 0.05) is 68.0 Å². The lowest BCUT2D eigenvalue weighted by Crippen LogP contribution is -2.54. The number of amides is 1. The summed E-state index contributed by atoms with van der Waals surface area (Å²) < 4.78 is 16.2. The zero-order valence-electron chi connectivity index (χ0n) is 19.1. The minimum absolute atomic E-state index is 0.285. The number of hydrogen-bond donors (Lipinski definition) is 2. The summed E-state index contributed by atoms with van der Waals surface area (Å²) in [6.45, 7) is 7.82. The molecule has 1 fully saturated rings. The van der Waals surface area contributed by atoms with Crippen LogP contribution in [0.2, 0.25) is 0 Å². The Labute approximate surface area is 190 Å². The van der Waals surface area contributed by atoms with Gasteiger partial charge in [0.1, 0.15) is 16.6 Å². The van der Waals surface area contributed by atoms with E-state index in [1.165, 1.54) is 6.07 Å². The second-order valence-electron chi connectivity index (χ2n) is 8.81. The van der Waals surface area contributed by atoms with Gasteiger partial charge in [-0.3, -0.25) is 19.4 Å². The second kappa shape index (κ2) is 8.08. The van der Waals surface area contributed by atoms with E-state index < -0.39 is 5.82 Å². The highest BCUT2D eigenvalue weighted by molar-refractivity contribution is 6.13. The van der Waals surface area contributed by atoms with Crippen LogP contribution >= 0.6 is 0 Å². The van der Waals surface area contributed by atoms with Gasteiger partial charge in [-0.05, 0) is 38.5 Å². The van der Waals surface area contributed by atoms with Crippen molar-refractivity contribution in [3.05, 3.63) is 53.7 Å². The summed E-state index contributed by atoms with van der Waals surface area (Å²) >= 11 is 0. The van der Waals surface area contributed by atoms with Crippen LogP contribution in [-0.4, -0.2) is 50.8 Å². The van der Waals surface area contributed by atoms with E-state index in [1.54, 1.807) is 36.4 Å². The number of fused-ring (bicyclic) bond motifs is 2. The van der Waals surface area contributed by atoms with Gasteiger partial charge in [0.25, 0.3) is 5.91 Å². The fourth-order valence-corrected chi connectivity index (χ4v) is 4.71. The fraction of sp³-hybridized carbons (Fsp3) is 0.333. The van der Waals surface area contributed by atoms with E-state index in [-0.39, 0.29) is 11.4 Å². The number of carbonyl (C=O) groups excluding carboxylic acids is 1. The molecule has 0 bridgehead atoms. The molecule has 1 amide bonds. The lowest BCUT2D eigenvalue weighted by Gasteiger charge is -2.38. The SMILES string of the molecule is Cc1c(NC(=O)c2ccc(N3C[C@@H](C)N[C@H](C)C3)c3nccnc23)cc(F)c2nn(C)cc12. The molecule has 0 spiro atoms. The lowest BCUT2D eigenvalue weighted by molar-refractivity contribution is 0.102. The van der Waals surface area contributed by atoms with E-state index in [2.05, 4.69) is 44.4 Å². The van der Waals surface area contributed by atoms with Crippen LogP contribution < -0.4 is 15.5 Å². The number of aryl methyl sites for hydroxylation is 2. The molecular weight excluding hydrogens is 421 g/mol. The van der Waals surface area contributed by atoms with E-state index in [0.717, 1.165) is 24.3 Å². The number of piperazine rings is 1. The van der Waals surface area contributed by atoms with Crippen molar-refractivity contribution < 1.29 is 9.18 Å². The summed E-state index contributed by atoms with van der Waals surface area (Å²) in [6.07, 6.45) is 4.96. The number of benzene rings is 2. The van der Waals surface area contributed by atoms with Crippen molar-refractivity contribution in [1.29, 1.82) is 0 Å². The van der Waals surface area contributed by atoms with Crippen LogP contribution in [0, 0.1) is 12.7 Å². The predicted octanol–water partition coefficient (Wildman–Crippen LogP) is 3.40. The number of nitrogens with zero attached hydrogens (tertiary/aromatic N) is 5. The molecule has 0 unspecified atom stereocenters. The Bertz CT molecular complexity index is 1370. The molecule has 2 aromatic heterocycles. The molecule has 170 valence electrons. The van der Waals surface area contributed by atoms with Crippen LogP contribution in [-0.2, 0) is 7.05 Å². The normalized spacial score (nSPS) is 18.8. The van der Waals surface area contributed by atoms with Gasteiger partial charge >= 0.3 is 0 Å². The Morgan fingerprint density at radius 2 is 1.82 bits per heavy atom. The fourth-order valence-electron chi connectivity index (χ4n) is 4.71. The topological polar surface area (TPSA) is 88.0 Å². The van der Waals surface area contributed by atoms with Crippen molar-refractivity contribution in [2.24, 2.45) is 7.05 Å². The first-order chi connectivity index (χ1) is 15.8. The molecule has 1 aliphatic heterocycles. The van der Waals surface area contributed by atoms with E-state index in [1.807, 2.05) is 13.0 Å². The van der Waals surface area contributed by atoms with Crippen LogP contribution in [0.5, 0.6) is 0 Å². The summed E-state index contributed by atoms with van der Waals surface area (Å²) in [7, 11) is 1.74. The third-order valence-corrected chi connectivity index (χ3v) is 6.13. The number of halogens is 1. The molecule has 8 nitrogen and oxygen atoms in total. The predicted molar refractivity (Wildman–Crippen MR) is 127 cm³/mol. The minimum Gasteiger partial charge on any atom is -0.367 e. The molecule has 1 saturated heterocycles. The lowest BCUT2D eigenvalue weighted by atomic mass is 10.1. The van der Waals surface area contributed by atoms with Gasteiger partial charge in [0.15, 0.2) is 5.82 Å². The molecule has 2 atom stereocenters. The Balaban J connectivity index is 1.53. The standard InChI is InChI=1S/C24H26FN7O/c1-13-10-32(11-14(2)28-13)20-6-5-16(22-23(20)27-8-7-26-22)24(33)29-19-9-18(25)21-17(15(19)3)12-31(4)30-21/h5-9,12-14,28H,10-11H2,1-4H3,(H,29,33)/t13-,14-/m1/s1. The highest BCUT2D eigenvalue weighted by Crippen LogP contribution is 2.31. The first-order valence-corrected chi connectivity index (χ1v) is 11.0.